The third-order valence-electron chi connectivity index (χ3n) is 9.46. The molecule has 0 saturated heterocycles. The molecular weight excluding hydrogens is 590 g/mol. The van der Waals surface area contributed by atoms with Gasteiger partial charge in [0.15, 0.2) is 17.5 Å². The molecule has 0 fully saturated rings. The molecule has 6 aromatic carbocycles. The number of fused-ring (bicyclic) bond motifs is 7. The van der Waals surface area contributed by atoms with E-state index >= 15 is 0 Å². The molecule has 9 aromatic rings. The van der Waals surface area contributed by atoms with Gasteiger partial charge in [0.2, 0.25) is 0 Å². The van der Waals surface area contributed by atoms with Crippen molar-refractivity contribution in [2.24, 2.45) is 0 Å². The summed E-state index contributed by atoms with van der Waals surface area (Å²) in [7, 11) is 0. The van der Waals surface area contributed by atoms with Crippen molar-refractivity contribution in [3.05, 3.63) is 156 Å². The second-order valence-corrected chi connectivity index (χ2v) is 12.3. The van der Waals surface area contributed by atoms with Gasteiger partial charge >= 0.3 is 0 Å². The van der Waals surface area contributed by atoms with Gasteiger partial charge in [-0.2, -0.15) is 0 Å². The Labute approximate surface area is 275 Å². The molecule has 226 valence electrons. The lowest BCUT2D eigenvalue weighted by atomic mass is 9.86. The molecule has 0 bridgehead atoms. The zero-order valence-electron chi connectivity index (χ0n) is 25.8. The molecule has 1 unspecified atom stereocenters. The molecule has 3 aromatic heterocycles. The van der Waals surface area contributed by atoms with Crippen LogP contribution in [0.15, 0.2) is 148 Å². The highest BCUT2D eigenvalue weighted by Gasteiger charge is 2.27. The first kappa shape index (κ1) is 26.8. The highest BCUT2D eigenvalue weighted by molar-refractivity contribution is 6.12. The fourth-order valence-electron chi connectivity index (χ4n) is 7.14. The first-order valence-corrected chi connectivity index (χ1v) is 16.2. The molecule has 0 radical (unpaired) electrons. The van der Waals surface area contributed by atoms with Crippen molar-refractivity contribution in [2.45, 2.75) is 12.3 Å². The Balaban J connectivity index is 1.15. The predicted molar refractivity (Wildman–Crippen MR) is 193 cm³/mol. The summed E-state index contributed by atoms with van der Waals surface area (Å²) >= 11 is 0. The minimum atomic E-state index is 0.0774. The Morgan fingerprint density at radius 2 is 1.21 bits per heavy atom. The fraction of sp³-hybridized carbons (Fsp3) is 0.0465. The number of allylic oxidation sites excluding steroid dienone is 1. The summed E-state index contributed by atoms with van der Waals surface area (Å²) in [6.07, 6.45) is 5.34. The summed E-state index contributed by atoms with van der Waals surface area (Å²) in [5.74, 6) is 2.95. The van der Waals surface area contributed by atoms with Crippen LogP contribution in [0.2, 0.25) is 0 Å². The Bertz CT molecular complexity index is 2650. The molecule has 1 aliphatic carbocycles. The second-order valence-electron chi connectivity index (χ2n) is 12.3. The van der Waals surface area contributed by atoms with E-state index in [9.17, 15) is 0 Å². The molecule has 48 heavy (non-hydrogen) atoms. The molecule has 5 heteroatoms. The Kier molecular flexibility index (Phi) is 5.93. The van der Waals surface area contributed by atoms with Crippen molar-refractivity contribution in [3.8, 4) is 34.2 Å². The monoisotopic (exact) mass is 617 g/mol. The number of nitrogens with zero attached hydrogens (tertiary/aromatic N) is 3. The third kappa shape index (κ3) is 4.28. The Hall–Kier alpha value is -6.33. The topological polar surface area (TPSA) is 65.0 Å². The van der Waals surface area contributed by atoms with Crippen LogP contribution in [0.3, 0.4) is 0 Å². The van der Waals surface area contributed by atoms with Crippen molar-refractivity contribution < 1.29 is 8.83 Å². The lowest BCUT2D eigenvalue weighted by molar-refractivity contribution is 0.517. The lowest BCUT2D eigenvalue weighted by Crippen LogP contribution is -2.03. The maximum absolute atomic E-state index is 6.65. The van der Waals surface area contributed by atoms with Crippen LogP contribution in [0.4, 0.5) is 0 Å². The molecule has 0 amide bonds. The Morgan fingerprint density at radius 3 is 1.96 bits per heavy atom. The van der Waals surface area contributed by atoms with Gasteiger partial charge < -0.3 is 8.83 Å². The number of hydrogen-bond acceptors (Lipinski definition) is 5. The normalized spacial score (nSPS) is 14.3. The summed E-state index contributed by atoms with van der Waals surface area (Å²) in [6.45, 7) is 0. The minimum absolute atomic E-state index is 0.0774. The van der Waals surface area contributed by atoms with E-state index in [-0.39, 0.29) is 5.92 Å². The van der Waals surface area contributed by atoms with E-state index in [1.54, 1.807) is 0 Å². The van der Waals surface area contributed by atoms with Gasteiger partial charge in [0, 0.05) is 44.3 Å². The highest BCUT2D eigenvalue weighted by Crippen LogP contribution is 2.44. The van der Waals surface area contributed by atoms with Crippen molar-refractivity contribution >= 4 is 49.8 Å². The van der Waals surface area contributed by atoms with Gasteiger partial charge in [0.25, 0.3) is 0 Å². The molecule has 1 atom stereocenters. The summed E-state index contributed by atoms with van der Waals surface area (Å²) in [5, 5.41) is 5.56. The summed E-state index contributed by atoms with van der Waals surface area (Å²) < 4.78 is 13.1. The van der Waals surface area contributed by atoms with Crippen molar-refractivity contribution in [1.82, 2.24) is 15.0 Å². The molecule has 1 aliphatic rings. The predicted octanol–water partition coefficient (Wildman–Crippen LogP) is 11.2. The largest absolute Gasteiger partial charge is 0.460 e. The maximum atomic E-state index is 6.65. The quantitative estimate of drug-likeness (QED) is 0.197. The van der Waals surface area contributed by atoms with Crippen LogP contribution in [-0.2, 0) is 0 Å². The molecular formula is C43H27N3O2. The molecule has 10 rings (SSSR count). The molecule has 3 heterocycles. The van der Waals surface area contributed by atoms with Crippen molar-refractivity contribution in [3.63, 3.8) is 0 Å². The van der Waals surface area contributed by atoms with Gasteiger partial charge in [-0.3, -0.25) is 0 Å². The molecule has 0 aliphatic heterocycles. The van der Waals surface area contributed by atoms with Crippen LogP contribution in [0, 0.1) is 0 Å². The number of benzene rings is 6. The molecule has 0 saturated carbocycles. The smallest absolute Gasteiger partial charge is 0.164 e. The summed E-state index contributed by atoms with van der Waals surface area (Å²) in [5.41, 5.74) is 7.66. The van der Waals surface area contributed by atoms with Gasteiger partial charge in [-0.05, 0) is 53.1 Å². The van der Waals surface area contributed by atoms with Gasteiger partial charge in [-0.25, -0.2) is 15.0 Å². The average Bonchev–Trinajstić information content (AvgIpc) is 3.72. The first-order valence-electron chi connectivity index (χ1n) is 16.2. The van der Waals surface area contributed by atoms with Gasteiger partial charge in [0.1, 0.15) is 22.5 Å². The van der Waals surface area contributed by atoms with Gasteiger partial charge in [0.05, 0.1) is 0 Å². The third-order valence-corrected chi connectivity index (χ3v) is 9.46. The second kappa shape index (κ2) is 10.6. The first-order chi connectivity index (χ1) is 23.8. The van der Waals surface area contributed by atoms with Crippen LogP contribution in [0.5, 0.6) is 0 Å². The van der Waals surface area contributed by atoms with E-state index in [2.05, 4.69) is 72.8 Å². The standard InChI is InChI=1S/C43H27N3O2/c1-3-11-26(12-4-1)41-44-42(27-13-5-2-6-14-27)46-43(45-41)33-19-10-20-37-39(33)35-24-30(21-22-36(35)47-37)31-17-9-18-32-34-23-28-15-7-8-16-29(28)25-38(34)48-40(31)32/h1-16,18-25,31H,17H2. The maximum Gasteiger partial charge on any atom is 0.164 e. The van der Waals surface area contributed by atoms with Crippen LogP contribution >= 0.6 is 0 Å². The SMILES string of the molecule is C1=Cc2c(oc3cc4ccccc4cc23)C(c2ccc3oc4cccc(-c5nc(-c6ccccc6)nc(-c6ccccc6)n5)c4c3c2)C1. The number of hydrogen-bond donors (Lipinski definition) is 0. The summed E-state index contributed by atoms with van der Waals surface area (Å²) in [4.78, 5) is 15.0. The fourth-order valence-corrected chi connectivity index (χ4v) is 7.14. The summed E-state index contributed by atoms with van der Waals surface area (Å²) in [6, 6.07) is 45.6. The van der Waals surface area contributed by atoms with Crippen LogP contribution in [0.25, 0.3) is 83.9 Å². The lowest BCUT2D eigenvalue weighted by Gasteiger charge is -2.18. The van der Waals surface area contributed by atoms with E-state index in [1.807, 2.05) is 72.8 Å². The highest BCUT2D eigenvalue weighted by atomic mass is 16.3. The van der Waals surface area contributed by atoms with Crippen molar-refractivity contribution in [2.75, 3.05) is 0 Å². The minimum Gasteiger partial charge on any atom is -0.460 e. The van der Waals surface area contributed by atoms with Crippen LogP contribution in [0.1, 0.15) is 29.2 Å². The molecule has 5 nitrogen and oxygen atoms in total. The van der Waals surface area contributed by atoms with Gasteiger partial charge in [-0.1, -0.05) is 115 Å². The van der Waals surface area contributed by atoms with Gasteiger partial charge in [-0.15, -0.1) is 0 Å². The van der Waals surface area contributed by atoms with E-state index in [1.165, 1.54) is 16.3 Å². The number of aromatic nitrogens is 3. The Morgan fingerprint density at radius 1 is 0.521 bits per heavy atom. The zero-order chi connectivity index (χ0) is 31.6. The molecule has 0 N–H and O–H groups in total. The number of furan rings is 2. The van der Waals surface area contributed by atoms with Crippen LogP contribution < -0.4 is 0 Å². The van der Waals surface area contributed by atoms with E-state index in [0.29, 0.717) is 17.5 Å². The van der Waals surface area contributed by atoms with E-state index in [4.69, 9.17) is 23.8 Å². The zero-order valence-corrected chi connectivity index (χ0v) is 25.8. The average molecular weight is 618 g/mol. The van der Waals surface area contributed by atoms with Crippen molar-refractivity contribution in [1.29, 1.82) is 0 Å². The van der Waals surface area contributed by atoms with Crippen LogP contribution in [-0.4, -0.2) is 15.0 Å². The number of rotatable bonds is 4. The van der Waals surface area contributed by atoms with E-state index in [0.717, 1.165) is 67.3 Å². The van der Waals surface area contributed by atoms with E-state index < -0.39 is 0 Å². The molecule has 0 spiro atoms.